The van der Waals surface area contributed by atoms with Gasteiger partial charge in [0.1, 0.15) is 24.5 Å². The molecule has 0 fully saturated rings. The number of ether oxygens (including phenoxy) is 2. The average Bonchev–Trinajstić information content (AvgIpc) is 3.12. The van der Waals surface area contributed by atoms with Crippen LogP contribution in [0.2, 0.25) is 0 Å². The number of aromatic nitrogens is 2. The quantitative estimate of drug-likeness (QED) is 0.238. The Kier molecular flexibility index (Phi) is 5.34. The molecule has 0 aliphatic carbocycles. The molecular weight excluding hydrogens is 428 g/mol. The van der Waals surface area contributed by atoms with Crippen LogP contribution in [-0.2, 0) is 9.84 Å². The second-order valence-electron chi connectivity index (χ2n) is 6.46. The van der Waals surface area contributed by atoms with Crippen molar-refractivity contribution in [1.29, 1.82) is 0 Å². The molecule has 0 unspecified atom stereocenters. The monoisotopic (exact) mass is 444 g/mol. The fraction of sp³-hybridized carbons (Fsp3) is 0.150. The standard InChI is InChI=1S/C20H16N2O8S/c1-13-11-18(23)29-17-12-14(7-8-16(13)17)27-9-10-28-19-20(22(24)30-21-19)31(25,26)15-5-3-2-4-6-15/h2-8,11-12H,9-10H2,1H3. The van der Waals surface area contributed by atoms with E-state index in [1.165, 1.54) is 30.3 Å². The summed E-state index contributed by atoms with van der Waals surface area (Å²) in [5, 5.41) is 15.3. The van der Waals surface area contributed by atoms with Crippen LogP contribution in [0.4, 0.5) is 0 Å². The third-order valence-corrected chi connectivity index (χ3v) is 6.09. The minimum Gasteiger partial charge on any atom is -0.490 e. The first-order chi connectivity index (χ1) is 14.9. The van der Waals surface area contributed by atoms with Gasteiger partial charge in [0, 0.05) is 17.5 Å². The van der Waals surface area contributed by atoms with Gasteiger partial charge in [-0.2, -0.15) is 0 Å². The number of benzene rings is 2. The topological polar surface area (TPSA) is 136 Å². The summed E-state index contributed by atoms with van der Waals surface area (Å²) in [7, 11) is -4.19. The number of hydrogen-bond donors (Lipinski definition) is 0. The van der Waals surface area contributed by atoms with Gasteiger partial charge in [-0.1, -0.05) is 18.2 Å². The minimum atomic E-state index is -4.19. The minimum absolute atomic E-state index is 0.00189. The molecule has 4 aromatic rings. The second-order valence-corrected chi connectivity index (χ2v) is 8.33. The highest BCUT2D eigenvalue weighted by Gasteiger charge is 2.35. The largest absolute Gasteiger partial charge is 0.490 e. The Bertz CT molecular complexity index is 1390. The van der Waals surface area contributed by atoms with E-state index in [4.69, 9.17) is 13.9 Å². The molecule has 11 heteroatoms. The van der Waals surface area contributed by atoms with Crippen LogP contribution in [0.5, 0.6) is 11.6 Å². The highest BCUT2D eigenvalue weighted by atomic mass is 32.2. The van der Waals surface area contributed by atoms with Crippen molar-refractivity contribution in [3.63, 3.8) is 0 Å². The molecule has 4 rings (SSSR count). The number of rotatable bonds is 7. The van der Waals surface area contributed by atoms with Crippen LogP contribution >= 0.6 is 0 Å². The van der Waals surface area contributed by atoms with Crippen molar-refractivity contribution in [3.8, 4) is 11.6 Å². The highest BCUT2D eigenvalue weighted by Crippen LogP contribution is 2.25. The third kappa shape index (κ3) is 4.08. The zero-order valence-electron chi connectivity index (χ0n) is 16.2. The number of hydrogen-bond acceptors (Lipinski definition) is 9. The molecular formula is C20H16N2O8S. The highest BCUT2D eigenvalue weighted by molar-refractivity contribution is 7.91. The molecule has 0 saturated carbocycles. The number of sulfone groups is 1. The first kappa shape index (κ1) is 20.4. The van der Waals surface area contributed by atoms with Crippen LogP contribution in [0.3, 0.4) is 0 Å². The fourth-order valence-electron chi connectivity index (χ4n) is 2.93. The maximum atomic E-state index is 12.7. The molecule has 160 valence electrons. The van der Waals surface area contributed by atoms with Crippen molar-refractivity contribution in [2.75, 3.05) is 13.2 Å². The molecule has 10 nitrogen and oxygen atoms in total. The lowest BCUT2D eigenvalue weighted by molar-refractivity contribution is -0.832. The lowest BCUT2D eigenvalue weighted by atomic mass is 10.1. The Hall–Kier alpha value is -3.86. The molecule has 0 aliphatic heterocycles. The maximum absolute atomic E-state index is 12.7. The van der Waals surface area contributed by atoms with Gasteiger partial charge in [-0.25, -0.2) is 13.2 Å². The Morgan fingerprint density at radius 1 is 1.06 bits per heavy atom. The van der Waals surface area contributed by atoms with E-state index >= 15 is 0 Å². The summed E-state index contributed by atoms with van der Waals surface area (Å²) in [4.78, 5) is 11.2. The van der Waals surface area contributed by atoms with E-state index in [9.17, 15) is 18.4 Å². The lowest BCUT2D eigenvalue weighted by Crippen LogP contribution is -2.31. The third-order valence-electron chi connectivity index (χ3n) is 4.37. The van der Waals surface area contributed by atoms with E-state index < -0.39 is 26.4 Å². The van der Waals surface area contributed by atoms with E-state index in [1.807, 2.05) is 0 Å². The SMILES string of the molecule is Cc1cc(=O)oc2cc(OCCOc3no[n+]([O-])c3S(=O)(=O)c3ccccc3)ccc12. The van der Waals surface area contributed by atoms with Crippen LogP contribution in [0.1, 0.15) is 5.56 Å². The molecule has 0 amide bonds. The molecule has 2 aromatic carbocycles. The Morgan fingerprint density at radius 2 is 1.81 bits per heavy atom. The molecule has 0 atom stereocenters. The van der Waals surface area contributed by atoms with Crippen LogP contribution in [0, 0.1) is 12.1 Å². The molecule has 0 saturated heterocycles. The van der Waals surface area contributed by atoms with Crippen molar-refractivity contribution in [3.05, 3.63) is 75.8 Å². The van der Waals surface area contributed by atoms with Gasteiger partial charge >= 0.3 is 16.5 Å². The molecule has 0 spiro atoms. The molecule has 31 heavy (non-hydrogen) atoms. The van der Waals surface area contributed by atoms with Crippen LogP contribution in [0.15, 0.2) is 78.4 Å². The van der Waals surface area contributed by atoms with Gasteiger partial charge in [0.25, 0.3) is 9.84 Å². The van der Waals surface area contributed by atoms with Crippen molar-refractivity contribution in [2.24, 2.45) is 0 Å². The summed E-state index contributed by atoms with van der Waals surface area (Å²) in [5.41, 5.74) is 0.698. The summed E-state index contributed by atoms with van der Waals surface area (Å²) >= 11 is 0. The normalized spacial score (nSPS) is 11.5. The number of nitrogens with zero attached hydrogens (tertiary/aromatic N) is 2. The smallest absolute Gasteiger partial charge is 0.415 e. The summed E-state index contributed by atoms with van der Waals surface area (Å²) in [6.07, 6.45) is 0. The fourth-order valence-corrected chi connectivity index (χ4v) is 4.23. The molecule has 2 heterocycles. The average molecular weight is 444 g/mol. The lowest BCUT2D eigenvalue weighted by Gasteiger charge is -2.07. The Balaban J connectivity index is 1.46. The van der Waals surface area contributed by atoms with Crippen molar-refractivity contribution in [2.45, 2.75) is 16.8 Å². The van der Waals surface area contributed by atoms with Gasteiger partial charge in [0.15, 0.2) is 0 Å². The van der Waals surface area contributed by atoms with E-state index in [1.54, 1.807) is 31.2 Å². The van der Waals surface area contributed by atoms with Gasteiger partial charge in [-0.05, 0) is 41.7 Å². The van der Waals surface area contributed by atoms with Gasteiger partial charge in [-0.3, -0.25) is 4.63 Å². The van der Waals surface area contributed by atoms with Crippen LogP contribution in [-0.4, -0.2) is 26.8 Å². The summed E-state index contributed by atoms with van der Waals surface area (Å²) < 4.78 is 45.8. The molecule has 0 bridgehead atoms. The maximum Gasteiger partial charge on any atom is 0.415 e. The molecule has 0 N–H and O–H groups in total. The molecule has 0 radical (unpaired) electrons. The molecule has 2 aromatic heterocycles. The zero-order chi connectivity index (χ0) is 22.0. The van der Waals surface area contributed by atoms with Crippen molar-refractivity contribution >= 4 is 20.8 Å². The predicted octanol–water partition coefficient (Wildman–Crippen LogP) is 2.01. The van der Waals surface area contributed by atoms with Crippen LogP contribution < -0.4 is 20.0 Å². The van der Waals surface area contributed by atoms with Crippen molar-refractivity contribution < 1.29 is 31.8 Å². The number of fused-ring (bicyclic) bond motifs is 1. The van der Waals surface area contributed by atoms with Crippen LogP contribution in [0.25, 0.3) is 11.0 Å². The molecule has 0 aliphatic rings. The Labute approximate surface area is 175 Å². The predicted molar refractivity (Wildman–Crippen MR) is 106 cm³/mol. The second kappa shape index (κ2) is 8.11. The first-order valence-electron chi connectivity index (χ1n) is 9.06. The van der Waals surface area contributed by atoms with Gasteiger partial charge in [-0.15, -0.1) is 0 Å². The Morgan fingerprint density at radius 3 is 2.58 bits per heavy atom. The van der Waals surface area contributed by atoms with E-state index in [2.05, 4.69) is 9.79 Å². The summed E-state index contributed by atoms with van der Waals surface area (Å²) in [6.45, 7) is 1.67. The van der Waals surface area contributed by atoms with E-state index in [-0.39, 0.29) is 23.0 Å². The van der Waals surface area contributed by atoms with Gasteiger partial charge in [0.05, 0.1) is 10.1 Å². The van der Waals surface area contributed by atoms with E-state index in [0.717, 1.165) is 10.9 Å². The summed E-state index contributed by atoms with van der Waals surface area (Å²) in [6, 6.07) is 13.8. The van der Waals surface area contributed by atoms with Crippen molar-refractivity contribution in [1.82, 2.24) is 5.16 Å². The zero-order valence-corrected chi connectivity index (χ0v) is 17.0. The summed E-state index contributed by atoms with van der Waals surface area (Å²) in [5.74, 6) is -0.0522. The number of aryl methyl sites for hydroxylation is 1. The van der Waals surface area contributed by atoms with E-state index in [0.29, 0.717) is 11.3 Å². The van der Waals surface area contributed by atoms with Gasteiger partial charge in [0.2, 0.25) is 0 Å². The first-order valence-corrected chi connectivity index (χ1v) is 10.5. The van der Waals surface area contributed by atoms with Gasteiger partial charge < -0.3 is 19.1 Å².